The van der Waals surface area contributed by atoms with Crippen molar-refractivity contribution in [1.82, 2.24) is 0 Å². The molecule has 0 atom stereocenters. The molecule has 0 spiro atoms. The molecule has 0 fully saturated rings. The topological polar surface area (TPSA) is 113 Å². The lowest BCUT2D eigenvalue weighted by Gasteiger charge is -2.07. The zero-order valence-corrected chi connectivity index (χ0v) is 10.5. The number of carboxylic acids is 1. The monoisotopic (exact) mass is 284 g/mol. The van der Waals surface area contributed by atoms with Crippen LogP contribution in [0.3, 0.4) is 0 Å². The van der Waals surface area contributed by atoms with Crippen LogP contribution in [0.2, 0.25) is 0 Å². The van der Waals surface area contributed by atoms with Gasteiger partial charge in [0.15, 0.2) is 0 Å². The van der Waals surface area contributed by atoms with Gasteiger partial charge in [-0.3, -0.25) is 10.1 Å². The summed E-state index contributed by atoms with van der Waals surface area (Å²) in [6, 6.07) is 11.1. The lowest BCUT2D eigenvalue weighted by molar-refractivity contribution is -0.385. The summed E-state index contributed by atoms with van der Waals surface area (Å²) in [6.07, 6.45) is 0. The molecule has 0 aliphatic heterocycles. The van der Waals surface area contributed by atoms with E-state index in [1.165, 1.54) is 36.4 Å². The lowest BCUT2D eigenvalue weighted by atomic mass is 10.2. The number of rotatable bonds is 4. The van der Waals surface area contributed by atoms with Crippen molar-refractivity contribution in [2.24, 2.45) is 0 Å². The Balaban J connectivity index is 2.40. The molecule has 0 heterocycles. The van der Waals surface area contributed by atoms with E-state index in [1.54, 1.807) is 6.07 Å². The standard InChI is InChI=1S/C14H8N2O5/c15-8-9-4-5-13(12(6-9)16(19)20)21-11-3-1-2-10(7-11)14(17)18/h1-7H,(H,17,18). The van der Waals surface area contributed by atoms with Crippen molar-refractivity contribution in [1.29, 1.82) is 5.26 Å². The van der Waals surface area contributed by atoms with E-state index in [1.807, 2.05) is 0 Å². The predicted octanol–water partition coefficient (Wildman–Crippen LogP) is 2.96. The predicted molar refractivity (Wildman–Crippen MR) is 71.3 cm³/mol. The molecule has 0 aliphatic carbocycles. The van der Waals surface area contributed by atoms with Crippen LogP contribution < -0.4 is 4.74 Å². The fourth-order valence-electron chi connectivity index (χ4n) is 1.64. The van der Waals surface area contributed by atoms with Crippen molar-refractivity contribution < 1.29 is 19.6 Å². The molecule has 2 rings (SSSR count). The summed E-state index contributed by atoms with van der Waals surface area (Å²) in [5, 5.41) is 28.6. The van der Waals surface area contributed by atoms with Crippen LogP contribution in [0.15, 0.2) is 42.5 Å². The van der Waals surface area contributed by atoms with Crippen LogP contribution in [0.25, 0.3) is 0 Å². The smallest absolute Gasteiger partial charge is 0.335 e. The number of aromatic carboxylic acids is 1. The zero-order valence-electron chi connectivity index (χ0n) is 10.5. The fourth-order valence-corrected chi connectivity index (χ4v) is 1.64. The van der Waals surface area contributed by atoms with Crippen LogP contribution in [0.4, 0.5) is 5.69 Å². The van der Waals surface area contributed by atoms with Gasteiger partial charge in [-0.05, 0) is 30.3 Å². The summed E-state index contributed by atoms with van der Waals surface area (Å²) in [5.74, 6) is -1.04. The van der Waals surface area contributed by atoms with Gasteiger partial charge in [-0.1, -0.05) is 6.07 Å². The first-order valence-electron chi connectivity index (χ1n) is 5.71. The van der Waals surface area contributed by atoms with Crippen LogP contribution in [-0.4, -0.2) is 16.0 Å². The van der Waals surface area contributed by atoms with E-state index in [9.17, 15) is 14.9 Å². The summed E-state index contributed by atoms with van der Waals surface area (Å²) in [4.78, 5) is 21.2. The Morgan fingerprint density at radius 2 is 2.05 bits per heavy atom. The highest BCUT2D eigenvalue weighted by molar-refractivity contribution is 5.88. The largest absolute Gasteiger partial charge is 0.478 e. The molecule has 21 heavy (non-hydrogen) atoms. The van der Waals surface area contributed by atoms with Crippen molar-refractivity contribution in [3.05, 3.63) is 63.7 Å². The lowest BCUT2D eigenvalue weighted by Crippen LogP contribution is -1.97. The number of nitro benzene ring substituents is 1. The number of nitro groups is 1. The summed E-state index contributed by atoms with van der Waals surface area (Å²) < 4.78 is 5.35. The van der Waals surface area contributed by atoms with Gasteiger partial charge < -0.3 is 9.84 Å². The molecule has 0 aliphatic rings. The summed E-state index contributed by atoms with van der Waals surface area (Å²) in [6.45, 7) is 0. The first-order valence-corrected chi connectivity index (χ1v) is 5.71. The maximum Gasteiger partial charge on any atom is 0.335 e. The first kappa shape index (κ1) is 14.0. The van der Waals surface area contributed by atoms with E-state index in [4.69, 9.17) is 15.1 Å². The molecule has 7 nitrogen and oxygen atoms in total. The minimum absolute atomic E-state index is 0.00352. The Morgan fingerprint density at radius 1 is 1.29 bits per heavy atom. The Kier molecular flexibility index (Phi) is 3.81. The molecule has 0 saturated carbocycles. The van der Waals surface area contributed by atoms with E-state index in [0.717, 1.165) is 6.07 Å². The molecule has 2 aromatic rings. The third-order valence-corrected chi connectivity index (χ3v) is 2.59. The second-order valence-electron chi connectivity index (χ2n) is 3.99. The van der Waals surface area contributed by atoms with Crippen LogP contribution in [0, 0.1) is 21.4 Å². The van der Waals surface area contributed by atoms with E-state index < -0.39 is 10.9 Å². The van der Waals surface area contributed by atoms with Crippen LogP contribution in [-0.2, 0) is 0 Å². The van der Waals surface area contributed by atoms with Crippen LogP contribution in [0.1, 0.15) is 15.9 Å². The van der Waals surface area contributed by atoms with Crippen molar-refractivity contribution in [2.75, 3.05) is 0 Å². The molecule has 0 amide bonds. The zero-order chi connectivity index (χ0) is 15.4. The molecule has 7 heteroatoms. The molecule has 0 aromatic heterocycles. The minimum atomic E-state index is -1.13. The maximum absolute atomic E-state index is 11.0. The normalized spacial score (nSPS) is 9.67. The number of hydrogen-bond acceptors (Lipinski definition) is 5. The third kappa shape index (κ3) is 3.13. The van der Waals surface area contributed by atoms with Gasteiger partial charge in [0.2, 0.25) is 5.75 Å². The average Bonchev–Trinajstić information content (AvgIpc) is 2.47. The van der Waals surface area contributed by atoms with Crippen molar-refractivity contribution in [3.63, 3.8) is 0 Å². The summed E-state index contributed by atoms with van der Waals surface area (Å²) >= 11 is 0. The number of nitriles is 1. The number of nitrogens with zero attached hydrogens (tertiary/aromatic N) is 2. The van der Waals surface area contributed by atoms with Gasteiger partial charge >= 0.3 is 11.7 Å². The van der Waals surface area contributed by atoms with Crippen molar-refractivity contribution >= 4 is 11.7 Å². The molecular formula is C14H8N2O5. The Bertz CT molecular complexity index is 764. The first-order chi connectivity index (χ1) is 10.0. The van der Waals surface area contributed by atoms with Crippen LogP contribution >= 0.6 is 0 Å². The molecule has 0 radical (unpaired) electrons. The molecule has 0 saturated heterocycles. The molecule has 1 N–H and O–H groups in total. The molecule has 2 aromatic carbocycles. The van der Waals surface area contributed by atoms with Crippen LogP contribution in [0.5, 0.6) is 11.5 Å². The van der Waals surface area contributed by atoms with E-state index >= 15 is 0 Å². The summed E-state index contributed by atoms with van der Waals surface area (Å²) in [5.41, 5.74) is -0.230. The number of benzene rings is 2. The number of hydrogen-bond donors (Lipinski definition) is 1. The van der Waals surface area contributed by atoms with Gasteiger partial charge in [0.25, 0.3) is 0 Å². The quantitative estimate of drug-likeness (QED) is 0.682. The minimum Gasteiger partial charge on any atom is -0.478 e. The summed E-state index contributed by atoms with van der Waals surface area (Å²) in [7, 11) is 0. The maximum atomic E-state index is 11.0. The number of carboxylic acid groups (broad SMARTS) is 1. The van der Waals surface area contributed by atoms with Crippen molar-refractivity contribution in [3.8, 4) is 17.6 Å². The van der Waals surface area contributed by atoms with Gasteiger partial charge in [-0.2, -0.15) is 5.26 Å². The number of ether oxygens (including phenoxy) is 1. The SMILES string of the molecule is N#Cc1ccc(Oc2cccc(C(=O)O)c2)c([N+](=O)[O-])c1. The molecule has 0 bridgehead atoms. The third-order valence-electron chi connectivity index (χ3n) is 2.59. The van der Waals surface area contributed by atoms with E-state index in [0.29, 0.717) is 0 Å². The molecule has 0 unspecified atom stereocenters. The Morgan fingerprint density at radius 3 is 2.67 bits per heavy atom. The highest BCUT2D eigenvalue weighted by Gasteiger charge is 2.17. The molecular weight excluding hydrogens is 276 g/mol. The second kappa shape index (κ2) is 5.71. The second-order valence-corrected chi connectivity index (χ2v) is 3.99. The van der Waals surface area contributed by atoms with Gasteiger partial charge in [0, 0.05) is 6.07 Å². The number of carbonyl (C=O) groups is 1. The fraction of sp³-hybridized carbons (Fsp3) is 0. The Hall–Kier alpha value is -3.40. The van der Waals surface area contributed by atoms with Gasteiger partial charge in [0.05, 0.1) is 22.1 Å². The highest BCUT2D eigenvalue weighted by atomic mass is 16.6. The van der Waals surface area contributed by atoms with Gasteiger partial charge in [0.1, 0.15) is 5.75 Å². The van der Waals surface area contributed by atoms with Gasteiger partial charge in [-0.25, -0.2) is 4.79 Å². The van der Waals surface area contributed by atoms with Gasteiger partial charge in [-0.15, -0.1) is 0 Å². The van der Waals surface area contributed by atoms with Crippen molar-refractivity contribution in [2.45, 2.75) is 0 Å². The highest BCUT2D eigenvalue weighted by Crippen LogP contribution is 2.32. The van der Waals surface area contributed by atoms with E-state index in [2.05, 4.69) is 0 Å². The van der Waals surface area contributed by atoms with E-state index in [-0.39, 0.29) is 28.3 Å². The Labute approximate surface area is 118 Å². The average molecular weight is 284 g/mol. The molecule has 104 valence electrons.